The summed E-state index contributed by atoms with van der Waals surface area (Å²) in [6.45, 7) is 0. The zero-order valence-electron chi connectivity index (χ0n) is 14.3. The van der Waals surface area contributed by atoms with Crippen molar-refractivity contribution in [2.45, 2.75) is 12.5 Å². The van der Waals surface area contributed by atoms with Gasteiger partial charge in [-0.15, -0.1) is 0 Å². The van der Waals surface area contributed by atoms with Crippen molar-refractivity contribution >= 4 is 11.9 Å². The molecule has 28 heavy (non-hydrogen) atoms. The number of aromatic nitrogens is 2. The van der Waals surface area contributed by atoms with Crippen molar-refractivity contribution in [2.75, 3.05) is 0 Å². The zero-order valence-corrected chi connectivity index (χ0v) is 14.3. The number of rotatable bonds is 6. The van der Waals surface area contributed by atoms with Gasteiger partial charge in [-0.05, 0) is 24.3 Å². The maximum absolute atomic E-state index is 14.0. The van der Waals surface area contributed by atoms with Gasteiger partial charge in [-0.25, -0.2) is 13.5 Å². The van der Waals surface area contributed by atoms with Gasteiger partial charge >= 0.3 is 5.97 Å². The molecule has 1 unspecified atom stereocenters. The van der Waals surface area contributed by atoms with Gasteiger partial charge in [-0.1, -0.05) is 24.3 Å². The number of nitrogens with one attached hydrogen (secondary N) is 1. The highest BCUT2D eigenvalue weighted by Gasteiger charge is 2.23. The number of aliphatic carboxylic acids is 1. The third-order valence-electron chi connectivity index (χ3n) is 3.94. The first-order valence-corrected chi connectivity index (χ1v) is 8.17. The Labute approximate surface area is 157 Å². The fourth-order valence-electron chi connectivity index (χ4n) is 2.68. The summed E-state index contributed by atoms with van der Waals surface area (Å²) in [5, 5.41) is 25.4. The second-order valence-corrected chi connectivity index (χ2v) is 5.92. The smallest absolute Gasteiger partial charge is 0.305 e. The molecule has 1 aromatic heterocycles. The minimum atomic E-state index is -1.23. The summed E-state index contributed by atoms with van der Waals surface area (Å²) in [5.41, 5.74) is -0.0479. The Balaban J connectivity index is 1.87. The van der Waals surface area contributed by atoms with Gasteiger partial charge in [0.1, 0.15) is 11.6 Å². The van der Waals surface area contributed by atoms with Crippen LogP contribution in [0.1, 0.15) is 28.5 Å². The van der Waals surface area contributed by atoms with Gasteiger partial charge in [-0.2, -0.15) is 5.10 Å². The number of amides is 1. The maximum atomic E-state index is 14.0. The first-order chi connectivity index (χ1) is 13.3. The monoisotopic (exact) mass is 387 g/mol. The Morgan fingerprint density at radius 3 is 2.54 bits per heavy atom. The number of carbonyl (C=O) groups is 2. The Bertz CT molecular complexity index is 1040. The van der Waals surface area contributed by atoms with Crippen LogP contribution >= 0.6 is 0 Å². The highest BCUT2D eigenvalue weighted by Crippen LogP contribution is 2.22. The van der Waals surface area contributed by atoms with Crippen LogP contribution in [0.3, 0.4) is 0 Å². The Morgan fingerprint density at radius 1 is 1.11 bits per heavy atom. The molecule has 3 N–H and O–H groups in total. The molecule has 0 spiro atoms. The van der Waals surface area contributed by atoms with Gasteiger partial charge < -0.3 is 15.5 Å². The van der Waals surface area contributed by atoms with Crippen LogP contribution in [-0.2, 0) is 4.79 Å². The van der Waals surface area contributed by atoms with Gasteiger partial charge in [0.2, 0.25) is 5.88 Å². The van der Waals surface area contributed by atoms with Crippen LogP contribution in [0.2, 0.25) is 0 Å². The van der Waals surface area contributed by atoms with Crippen molar-refractivity contribution < 1.29 is 28.6 Å². The molecule has 1 heterocycles. The second kappa shape index (κ2) is 7.87. The maximum Gasteiger partial charge on any atom is 0.305 e. The standard InChI is InChI=1S/C19H15F2N3O4/c20-11-4-3-5-12(8-11)24-17(25)9-16(23-24)19(28)22-15(10-18(26)27)13-6-1-2-7-14(13)21/h1-9,15,25H,10H2,(H,22,28)(H,26,27). The summed E-state index contributed by atoms with van der Waals surface area (Å²) >= 11 is 0. The molecule has 0 aliphatic carbocycles. The molecule has 9 heteroatoms. The summed E-state index contributed by atoms with van der Waals surface area (Å²) in [6.07, 6.45) is -0.552. The number of carbonyl (C=O) groups excluding carboxylic acids is 1. The third kappa shape index (κ3) is 4.14. The molecular weight excluding hydrogens is 372 g/mol. The van der Waals surface area contributed by atoms with Crippen molar-refractivity contribution in [1.82, 2.24) is 15.1 Å². The van der Waals surface area contributed by atoms with Crippen LogP contribution in [-0.4, -0.2) is 31.9 Å². The molecule has 1 atom stereocenters. The molecule has 7 nitrogen and oxygen atoms in total. The number of carboxylic acids is 1. The Morgan fingerprint density at radius 2 is 1.86 bits per heavy atom. The fourth-order valence-corrected chi connectivity index (χ4v) is 2.68. The van der Waals surface area contributed by atoms with Gasteiger partial charge in [0.25, 0.3) is 5.91 Å². The predicted octanol–water partition coefficient (Wildman–Crippen LogP) is 2.80. The molecule has 0 saturated carbocycles. The molecule has 3 rings (SSSR count). The van der Waals surface area contributed by atoms with Crippen molar-refractivity contribution in [2.24, 2.45) is 0 Å². The Hall–Kier alpha value is -3.75. The minimum Gasteiger partial charge on any atom is -0.493 e. The minimum absolute atomic E-state index is 0.00651. The van der Waals surface area contributed by atoms with E-state index in [4.69, 9.17) is 5.11 Å². The van der Waals surface area contributed by atoms with E-state index in [0.29, 0.717) is 0 Å². The largest absolute Gasteiger partial charge is 0.493 e. The molecule has 3 aromatic rings. The summed E-state index contributed by atoms with van der Waals surface area (Å²) in [4.78, 5) is 23.6. The average molecular weight is 387 g/mol. The predicted molar refractivity (Wildman–Crippen MR) is 94.0 cm³/mol. The van der Waals surface area contributed by atoms with Crippen LogP contribution in [0.25, 0.3) is 5.69 Å². The number of carboxylic acid groups (broad SMARTS) is 1. The van der Waals surface area contributed by atoms with E-state index in [1.54, 1.807) is 0 Å². The lowest BCUT2D eigenvalue weighted by Gasteiger charge is -2.17. The highest BCUT2D eigenvalue weighted by atomic mass is 19.1. The number of benzene rings is 2. The summed E-state index contributed by atoms with van der Waals surface area (Å²) in [5.74, 6) is -3.69. The van der Waals surface area contributed by atoms with Crippen LogP contribution < -0.4 is 5.32 Å². The SMILES string of the molecule is O=C(O)CC(NC(=O)c1cc(O)n(-c2cccc(F)c2)n1)c1ccccc1F. The Kier molecular flexibility index (Phi) is 5.35. The third-order valence-corrected chi connectivity index (χ3v) is 3.94. The van der Waals surface area contributed by atoms with Crippen LogP contribution in [0.5, 0.6) is 5.88 Å². The van der Waals surface area contributed by atoms with E-state index >= 15 is 0 Å². The van der Waals surface area contributed by atoms with Gasteiger partial charge in [0.05, 0.1) is 18.2 Å². The zero-order chi connectivity index (χ0) is 20.3. The lowest BCUT2D eigenvalue weighted by molar-refractivity contribution is -0.137. The highest BCUT2D eigenvalue weighted by molar-refractivity contribution is 5.93. The molecule has 0 radical (unpaired) electrons. The molecule has 0 bridgehead atoms. The van der Waals surface area contributed by atoms with Crippen molar-refractivity contribution in [3.05, 3.63) is 77.5 Å². The first kappa shape index (κ1) is 19.0. The molecule has 0 aliphatic rings. The molecule has 0 fully saturated rings. The van der Waals surface area contributed by atoms with E-state index in [1.807, 2.05) is 0 Å². The second-order valence-electron chi connectivity index (χ2n) is 5.92. The average Bonchev–Trinajstić information content (AvgIpc) is 3.03. The molecule has 144 valence electrons. The van der Waals surface area contributed by atoms with E-state index in [-0.39, 0.29) is 16.9 Å². The van der Waals surface area contributed by atoms with E-state index < -0.39 is 41.9 Å². The van der Waals surface area contributed by atoms with E-state index in [1.165, 1.54) is 36.4 Å². The first-order valence-electron chi connectivity index (χ1n) is 8.17. The van der Waals surface area contributed by atoms with Crippen molar-refractivity contribution in [1.29, 1.82) is 0 Å². The van der Waals surface area contributed by atoms with Crippen LogP contribution in [0.4, 0.5) is 8.78 Å². The normalized spacial score (nSPS) is 11.8. The molecule has 0 aliphatic heterocycles. The van der Waals surface area contributed by atoms with Gasteiger partial charge in [0.15, 0.2) is 5.69 Å². The lowest BCUT2D eigenvalue weighted by atomic mass is 10.0. The van der Waals surface area contributed by atoms with Crippen LogP contribution in [0, 0.1) is 11.6 Å². The van der Waals surface area contributed by atoms with Crippen molar-refractivity contribution in [3.63, 3.8) is 0 Å². The summed E-state index contributed by atoms with van der Waals surface area (Å²) in [6, 6.07) is 10.6. The number of nitrogens with zero attached hydrogens (tertiary/aromatic N) is 2. The fraction of sp³-hybridized carbons (Fsp3) is 0.105. The topological polar surface area (TPSA) is 104 Å². The molecular formula is C19H15F2N3O4. The van der Waals surface area contributed by atoms with Gasteiger partial charge in [-0.3, -0.25) is 9.59 Å². The quantitative estimate of drug-likeness (QED) is 0.603. The van der Waals surface area contributed by atoms with E-state index in [2.05, 4.69) is 10.4 Å². The van der Waals surface area contributed by atoms with E-state index in [0.717, 1.165) is 22.9 Å². The summed E-state index contributed by atoms with van der Waals surface area (Å²) in [7, 11) is 0. The molecule has 2 aromatic carbocycles. The van der Waals surface area contributed by atoms with E-state index in [9.17, 15) is 23.5 Å². The lowest BCUT2D eigenvalue weighted by Crippen LogP contribution is -2.31. The number of hydrogen-bond acceptors (Lipinski definition) is 4. The number of halogens is 2. The molecule has 0 saturated heterocycles. The van der Waals surface area contributed by atoms with Crippen molar-refractivity contribution in [3.8, 4) is 11.6 Å². The number of aromatic hydroxyl groups is 1. The number of hydrogen-bond donors (Lipinski definition) is 3. The van der Waals surface area contributed by atoms with Crippen LogP contribution in [0.15, 0.2) is 54.6 Å². The van der Waals surface area contributed by atoms with Gasteiger partial charge in [0, 0.05) is 11.6 Å². The molecule has 1 amide bonds. The summed E-state index contributed by atoms with van der Waals surface area (Å²) < 4.78 is 28.4.